The second kappa shape index (κ2) is 3.62. The second-order valence-electron chi connectivity index (χ2n) is 2.40. The molecule has 0 amide bonds. The molecule has 1 aromatic heterocycles. The standard InChI is InChI=1S/C7H12ClN3/c1-3-5-11-6-4-9-7(11)10(2)8/h4,6H,3,5H2,1-2H3. The van der Waals surface area contributed by atoms with Crippen LogP contribution in [0, 0.1) is 0 Å². The SMILES string of the molecule is CCCn1ccnc1N(C)Cl. The van der Waals surface area contributed by atoms with Crippen molar-refractivity contribution in [2.75, 3.05) is 11.5 Å². The number of hydrogen-bond donors (Lipinski definition) is 0. The van der Waals surface area contributed by atoms with Crippen molar-refractivity contribution in [2.45, 2.75) is 19.9 Å². The molecule has 1 aromatic rings. The van der Waals surface area contributed by atoms with Crippen molar-refractivity contribution in [1.82, 2.24) is 9.55 Å². The predicted octanol–water partition coefficient (Wildman–Crippen LogP) is 1.88. The lowest BCUT2D eigenvalue weighted by atomic mass is 10.5. The molecule has 0 aromatic carbocycles. The van der Waals surface area contributed by atoms with Crippen molar-refractivity contribution in [2.24, 2.45) is 0 Å². The van der Waals surface area contributed by atoms with Gasteiger partial charge in [0.2, 0.25) is 5.95 Å². The molecule has 1 heterocycles. The first kappa shape index (κ1) is 8.40. The minimum Gasteiger partial charge on any atom is -0.316 e. The van der Waals surface area contributed by atoms with Crippen molar-refractivity contribution in [3.8, 4) is 0 Å². The van der Waals surface area contributed by atoms with Crippen LogP contribution in [0.1, 0.15) is 13.3 Å². The van der Waals surface area contributed by atoms with Crippen LogP contribution in [0.3, 0.4) is 0 Å². The molecule has 0 aliphatic heterocycles. The summed E-state index contributed by atoms with van der Waals surface area (Å²) in [6.45, 7) is 3.09. The predicted molar refractivity (Wildman–Crippen MR) is 46.8 cm³/mol. The van der Waals surface area contributed by atoms with Crippen LogP contribution < -0.4 is 4.42 Å². The average Bonchev–Trinajstić information content (AvgIpc) is 2.36. The maximum atomic E-state index is 5.74. The molecule has 3 nitrogen and oxygen atoms in total. The number of halogens is 1. The van der Waals surface area contributed by atoms with E-state index < -0.39 is 0 Å². The summed E-state index contributed by atoms with van der Waals surface area (Å²) in [7, 11) is 1.77. The van der Waals surface area contributed by atoms with Gasteiger partial charge in [-0.2, -0.15) is 0 Å². The summed E-state index contributed by atoms with van der Waals surface area (Å²) in [5.74, 6) is 0.800. The topological polar surface area (TPSA) is 21.1 Å². The average molecular weight is 174 g/mol. The summed E-state index contributed by atoms with van der Waals surface area (Å²) < 4.78 is 3.52. The van der Waals surface area contributed by atoms with Crippen molar-refractivity contribution in [3.05, 3.63) is 12.4 Å². The van der Waals surface area contributed by atoms with E-state index in [9.17, 15) is 0 Å². The third kappa shape index (κ3) is 1.87. The number of nitrogens with zero attached hydrogens (tertiary/aromatic N) is 3. The molecule has 0 saturated carbocycles. The smallest absolute Gasteiger partial charge is 0.220 e. The Morgan fingerprint density at radius 1 is 1.73 bits per heavy atom. The number of anilines is 1. The second-order valence-corrected chi connectivity index (χ2v) is 2.90. The van der Waals surface area contributed by atoms with Gasteiger partial charge >= 0.3 is 0 Å². The van der Waals surface area contributed by atoms with E-state index in [4.69, 9.17) is 11.8 Å². The third-order valence-corrected chi connectivity index (χ3v) is 1.58. The molecular formula is C7H12ClN3. The molecule has 1 rings (SSSR count). The van der Waals surface area contributed by atoms with Crippen LogP contribution in [0.25, 0.3) is 0 Å². The Kier molecular flexibility index (Phi) is 2.76. The maximum absolute atomic E-state index is 5.74. The fraction of sp³-hybridized carbons (Fsp3) is 0.571. The molecule has 0 unspecified atom stereocenters. The molecule has 0 saturated heterocycles. The fourth-order valence-electron chi connectivity index (χ4n) is 0.993. The molecule has 0 aliphatic carbocycles. The van der Waals surface area contributed by atoms with Gasteiger partial charge in [0, 0.05) is 37.8 Å². The normalized spacial score (nSPS) is 10.1. The highest BCUT2D eigenvalue weighted by Gasteiger charge is 2.03. The lowest BCUT2D eigenvalue weighted by molar-refractivity contribution is 0.680. The van der Waals surface area contributed by atoms with Crippen LogP contribution in [0.15, 0.2) is 12.4 Å². The maximum Gasteiger partial charge on any atom is 0.220 e. The zero-order chi connectivity index (χ0) is 8.27. The van der Waals surface area contributed by atoms with Gasteiger partial charge in [-0.05, 0) is 6.42 Å². The van der Waals surface area contributed by atoms with Gasteiger partial charge in [0.05, 0.1) is 0 Å². The summed E-state index contributed by atoms with van der Waals surface area (Å²) >= 11 is 5.74. The largest absolute Gasteiger partial charge is 0.316 e. The van der Waals surface area contributed by atoms with Gasteiger partial charge in [-0.25, -0.2) is 4.98 Å². The Morgan fingerprint density at radius 3 is 3.00 bits per heavy atom. The van der Waals surface area contributed by atoms with Gasteiger partial charge in [-0.1, -0.05) is 6.92 Å². The Balaban J connectivity index is 2.78. The summed E-state index contributed by atoms with van der Waals surface area (Å²) in [6, 6.07) is 0. The number of hydrogen-bond acceptors (Lipinski definition) is 2. The lowest BCUT2D eigenvalue weighted by Gasteiger charge is -2.10. The molecule has 0 atom stereocenters. The zero-order valence-corrected chi connectivity index (χ0v) is 7.54. The highest BCUT2D eigenvalue weighted by molar-refractivity contribution is 6.24. The number of imidazole rings is 1. The van der Waals surface area contributed by atoms with Crippen LogP contribution in [0.4, 0.5) is 5.95 Å². The molecule has 0 spiro atoms. The van der Waals surface area contributed by atoms with E-state index in [2.05, 4.69) is 11.9 Å². The van der Waals surface area contributed by atoms with Crippen LogP contribution >= 0.6 is 11.8 Å². The van der Waals surface area contributed by atoms with Gasteiger partial charge in [-0.3, -0.25) is 4.42 Å². The molecule has 11 heavy (non-hydrogen) atoms. The molecular weight excluding hydrogens is 162 g/mol. The van der Waals surface area contributed by atoms with Gasteiger partial charge in [0.15, 0.2) is 0 Å². The van der Waals surface area contributed by atoms with E-state index in [-0.39, 0.29) is 0 Å². The fourth-order valence-corrected chi connectivity index (χ4v) is 1.13. The Morgan fingerprint density at radius 2 is 2.45 bits per heavy atom. The third-order valence-electron chi connectivity index (χ3n) is 1.43. The Hall–Kier alpha value is -0.700. The minimum absolute atomic E-state index is 0.800. The molecule has 62 valence electrons. The number of aryl methyl sites for hydroxylation is 1. The van der Waals surface area contributed by atoms with Crippen molar-refractivity contribution < 1.29 is 0 Å². The van der Waals surface area contributed by atoms with Crippen molar-refractivity contribution >= 4 is 17.7 Å². The van der Waals surface area contributed by atoms with Gasteiger partial charge in [0.25, 0.3) is 0 Å². The van der Waals surface area contributed by atoms with E-state index in [0.717, 1.165) is 18.9 Å². The summed E-state index contributed by atoms with van der Waals surface area (Å²) in [4.78, 5) is 4.09. The molecule has 0 N–H and O–H groups in total. The van der Waals surface area contributed by atoms with Crippen LogP contribution in [-0.4, -0.2) is 16.6 Å². The van der Waals surface area contributed by atoms with Crippen molar-refractivity contribution in [1.29, 1.82) is 0 Å². The first-order chi connectivity index (χ1) is 5.25. The van der Waals surface area contributed by atoms with E-state index in [1.807, 2.05) is 10.8 Å². The van der Waals surface area contributed by atoms with E-state index in [1.54, 1.807) is 13.2 Å². The van der Waals surface area contributed by atoms with Crippen molar-refractivity contribution in [3.63, 3.8) is 0 Å². The highest BCUT2D eigenvalue weighted by atomic mass is 35.5. The van der Waals surface area contributed by atoms with E-state index >= 15 is 0 Å². The van der Waals surface area contributed by atoms with Crippen LogP contribution in [0.2, 0.25) is 0 Å². The van der Waals surface area contributed by atoms with E-state index in [0.29, 0.717) is 0 Å². The molecule has 0 aliphatic rings. The summed E-state index contributed by atoms with van der Waals surface area (Å²) in [6.07, 6.45) is 4.77. The molecule has 0 fully saturated rings. The molecule has 0 radical (unpaired) electrons. The lowest BCUT2D eigenvalue weighted by Crippen LogP contribution is -2.09. The quantitative estimate of drug-likeness (QED) is 0.651. The highest BCUT2D eigenvalue weighted by Crippen LogP contribution is 2.11. The molecule has 0 bridgehead atoms. The van der Waals surface area contributed by atoms with Gasteiger partial charge in [-0.15, -0.1) is 0 Å². The minimum atomic E-state index is 0.800. The zero-order valence-electron chi connectivity index (χ0n) is 6.79. The van der Waals surface area contributed by atoms with Gasteiger partial charge < -0.3 is 4.57 Å². The Labute approximate surface area is 71.7 Å². The van der Waals surface area contributed by atoms with Gasteiger partial charge in [0.1, 0.15) is 0 Å². The van der Waals surface area contributed by atoms with Crippen LogP contribution in [0.5, 0.6) is 0 Å². The monoisotopic (exact) mass is 173 g/mol. The Bertz CT molecular complexity index is 219. The molecule has 4 heteroatoms. The van der Waals surface area contributed by atoms with E-state index in [1.165, 1.54) is 4.42 Å². The number of aromatic nitrogens is 2. The first-order valence-corrected chi connectivity index (χ1v) is 4.00. The summed E-state index contributed by atoms with van der Waals surface area (Å²) in [5, 5.41) is 0. The van der Waals surface area contributed by atoms with Crippen LogP contribution in [-0.2, 0) is 6.54 Å². The summed E-state index contributed by atoms with van der Waals surface area (Å²) in [5.41, 5.74) is 0. The first-order valence-electron chi connectivity index (χ1n) is 3.66. The number of rotatable bonds is 3.